The maximum Gasteiger partial charge on any atom is 0.408 e. The van der Waals surface area contributed by atoms with E-state index >= 15 is 0 Å². The first-order chi connectivity index (χ1) is 10.6. The Morgan fingerprint density at radius 3 is 2.26 bits per heavy atom. The van der Waals surface area contributed by atoms with E-state index < -0.39 is 28.6 Å². The lowest BCUT2D eigenvalue weighted by molar-refractivity contribution is -0.384. The highest BCUT2D eigenvalue weighted by Crippen LogP contribution is 2.18. The van der Waals surface area contributed by atoms with E-state index in [0.29, 0.717) is 6.42 Å². The van der Waals surface area contributed by atoms with Crippen molar-refractivity contribution < 1.29 is 24.0 Å². The van der Waals surface area contributed by atoms with Gasteiger partial charge in [-0.3, -0.25) is 10.1 Å². The molecule has 1 N–H and O–H groups in total. The standard InChI is InChI=1S/C15H20N2O6/c1-5-12(16-14(19)23-15(2,3)4)13(18)22-11-8-6-10(7-9-11)17(20)21/h6-9,12H,5H2,1-4H3,(H,16,19). The van der Waals surface area contributed by atoms with E-state index in [1.54, 1.807) is 27.7 Å². The van der Waals surface area contributed by atoms with Crippen molar-refractivity contribution in [2.24, 2.45) is 0 Å². The number of amides is 1. The van der Waals surface area contributed by atoms with Gasteiger partial charge in [-0.15, -0.1) is 0 Å². The molecular weight excluding hydrogens is 304 g/mol. The smallest absolute Gasteiger partial charge is 0.408 e. The summed E-state index contributed by atoms with van der Waals surface area (Å²) in [5.41, 5.74) is -0.784. The van der Waals surface area contributed by atoms with Crippen molar-refractivity contribution in [3.63, 3.8) is 0 Å². The van der Waals surface area contributed by atoms with E-state index in [1.807, 2.05) is 0 Å². The molecule has 0 aliphatic carbocycles. The summed E-state index contributed by atoms with van der Waals surface area (Å²) in [6.45, 7) is 6.84. The summed E-state index contributed by atoms with van der Waals surface area (Å²) in [6.07, 6.45) is -0.407. The first-order valence-electron chi connectivity index (χ1n) is 7.08. The zero-order valence-electron chi connectivity index (χ0n) is 13.5. The number of nitrogens with one attached hydrogen (secondary N) is 1. The second-order valence-corrected chi connectivity index (χ2v) is 5.78. The molecule has 1 aromatic rings. The molecular formula is C15H20N2O6. The van der Waals surface area contributed by atoms with Crippen LogP contribution in [0.3, 0.4) is 0 Å². The molecule has 8 nitrogen and oxygen atoms in total. The van der Waals surface area contributed by atoms with Crippen LogP contribution in [-0.2, 0) is 9.53 Å². The third-order valence-electron chi connectivity index (χ3n) is 2.65. The number of hydrogen-bond acceptors (Lipinski definition) is 6. The Morgan fingerprint density at radius 1 is 1.26 bits per heavy atom. The van der Waals surface area contributed by atoms with Gasteiger partial charge in [0.25, 0.3) is 5.69 Å². The summed E-state index contributed by atoms with van der Waals surface area (Å²) in [5, 5.41) is 13.0. The minimum absolute atomic E-state index is 0.108. The number of non-ortho nitro benzene ring substituents is 1. The van der Waals surface area contributed by atoms with Gasteiger partial charge in [-0.1, -0.05) is 6.92 Å². The number of hydrogen-bond donors (Lipinski definition) is 1. The fourth-order valence-electron chi connectivity index (χ4n) is 1.60. The maximum atomic E-state index is 12.0. The number of alkyl carbamates (subject to hydrolysis) is 1. The number of ether oxygens (including phenoxy) is 2. The average molecular weight is 324 g/mol. The molecule has 0 radical (unpaired) electrons. The first-order valence-corrected chi connectivity index (χ1v) is 7.08. The van der Waals surface area contributed by atoms with Crippen LogP contribution in [0.25, 0.3) is 0 Å². The number of rotatable bonds is 5. The van der Waals surface area contributed by atoms with Crippen molar-refractivity contribution in [2.45, 2.75) is 45.8 Å². The molecule has 0 aliphatic heterocycles. The van der Waals surface area contributed by atoms with Crippen LogP contribution in [0.1, 0.15) is 34.1 Å². The second-order valence-electron chi connectivity index (χ2n) is 5.78. The molecule has 0 heterocycles. The molecule has 0 aromatic heterocycles. The molecule has 0 bridgehead atoms. The highest BCUT2D eigenvalue weighted by molar-refractivity contribution is 5.83. The van der Waals surface area contributed by atoms with Gasteiger partial charge in [-0.25, -0.2) is 9.59 Å². The summed E-state index contributed by atoms with van der Waals surface area (Å²) in [4.78, 5) is 33.7. The fraction of sp³-hybridized carbons (Fsp3) is 0.467. The Bertz CT molecular complexity index is 577. The Kier molecular flexibility index (Phi) is 6.06. The fourth-order valence-corrected chi connectivity index (χ4v) is 1.60. The lowest BCUT2D eigenvalue weighted by atomic mass is 10.2. The minimum atomic E-state index is -0.875. The molecule has 1 unspecified atom stereocenters. The van der Waals surface area contributed by atoms with Gasteiger partial charge < -0.3 is 14.8 Å². The van der Waals surface area contributed by atoms with Gasteiger partial charge >= 0.3 is 12.1 Å². The summed E-state index contributed by atoms with van der Waals surface area (Å²) >= 11 is 0. The summed E-state index contributed by atoms with van der Waals surface area (Å²) in [5.74, 6) is -0.516. The number of nitro groups is 1. The van der Waals surface area contributed by atoms with Crippen molar-refractivity contribution in [2.75, 3.05) is 0 Å². The number of esters is 1. The minimum Gasteiger partial charge on any atom is -0.444 e. The van der Waals surface area contributed by atoms with Crippen LogP contribution in [0.15, 0.2) is 24.3 Å². The van der Waals surface area contributed by atoms with Crippen molar-refractivity contribution in [1.29, 1.82) is 0 Å². The van der Waals surface area contributed by atoms with E-state index in [-0.39, 0.29) is 11.4 Å². The molecule has 0 fully saturated rings. The molecule has 1 atom stereocenters. The van der Waals surface area contributed by atoms with E-state index in [2.05, 4.69) is 5.32 Å². The Balaban J connectivity index is 2.66. The molecule has 0 aliphatic rings. The molecule has 23 heavy (non-hydrogen) atoms. The van der Waals surface area contributed by atoms with Gasteiger partial charge in [0.15, 0.2) is 0 Å². The second kappa shape index (κ2) is 7.57. The number of benzene rings is 1. The lowest BCUT2D eigenvalue weighted by Crippen LogP contribution is -2.44. The van der Waals surface area contributed by atoms with Gasteiger partial charge in [0.2, 0.25) is 0 Å². The first kappa shape index (κ1) is 18.4. The molecule has 8 heteroatoms. The number of carbonyl (C=O) groups excluding carboxylic acids is 2. The van der Waals surface area contributed by atoms with E-state index in [9.17, 15) is 19.7 Å². The Hall–Kier alpha value is -2.64. The molecule has 126 valence electrons. The van der Waals surface area contributed by atoms with Crippen LogP contribution in [0, 0.1) is 10.1 Å². The Labute approximate surface area is 133 Å². The monoisotopic (exact) mass is 324 g/mol. The Morgan fingerprint density at radius 2 is 1.83 bits per heavy atom. The van der Waals surface area contributed by atoms with Crippen LogP contribution >= 0.6 is 0 Å². The van der Waals surface area contributed by atoms with Crippen molar-refractivity contribution >= 4 is 17.7 Å². The average Bonchev–Trinajstić information content (AvgIpc) is 2.43. The summed E-state index contributed by atoms with van der Waals surface area (Å²) in [6, 6.07) is 4.21. The van der Waals surface area contributed by atoms with Gasteiger partial charge in [0.05, 0.1) is 4.92 Å². The zero-order chi connectivity index (χ0) is 17.6. The van der Waals surface area contributed by atoms with Crippen LogP contribution in [0.2, 0.25) is 0 Å². The SMILES string of the molecule is CCC(NC(=O)OC(C)(C)C)C(=O)Oc1ccc([N+](=O)[O-])cc1. The van der Waals surface area contributed by atoms with Gasteiger partial charge in [0.1, 0.15) is 17.4 Å². The van der Waals surface area contributed by atoms with Crippen molar-refractivity contribution in [3.05, 3.63) is 34.4 Å². The third-order valence-corrected chi connectivity index (χ3v) is 2.65. The van der Waals surface area contributed by atoms with Crippen LogP contribution < -0.4 is 10.1 Å². The van der Waals surface area contributed by atoms with Gasteiger partial charge in [0, 0.05) is 12.1 Å². The van der Waals surface area contributed by atoms with E-state index in [1.165, 1.54) is 24.3 Å². The summed E-state index contributed by atoms with van der Waals surface area (Å²) in [7, 11) is 0. The van der Waals surface area contributed by atoms with E-state index in [4.69, 9.17) is 9.47 Å². The molecule has 0 saturated heterocycles. The largest absolute Gasteiger partial charge is 0.444 e. The highest BCUT2D eigenvalue weighted by atomic mass is 16.6. The molecule has 0 spiro atoms. The molecule has 1 aromatic carbocycles. The number of nitrogens with zero attached hydrogens (tertiary/aromatic N) is 1. The van der Waals surface area contributed by atoms with Crippen molar-refractivity contribution in [1.82, 2.24) is 5.32 Å². The number of nitro benzene ring substituents is 1. The zero-order valence-corrected chi connectivity index (χ0v) is 13.5. The predicted octanol–water partition coefficient (Wildman–Crippen LogP) is 2.80. The van der Waals surface area contributed by atoms with Crippen LogP contribution in [0.5, 0.6) is 5.75 Å². The van der Waals surface area contributed by atoms with Gasteiger partial charge in [-0.2, -0.15) is 0 Å². The normalized spacial score (nSPS) is 12.2. The molecule has 1 rings (SSSR count). The van der Waals surface area contributed by atoms with Gasteiger partial charge in [-0.05, 0) is 39.3 Å². The van der Waals surface area contributed by atoms with Crippen LogP contribution in [-0.4, -0.2) is 28.6 Å². The van der Waals surface area contributed by atoms with Crippen molar-refractivity contribution in [3.8, 4) is 5.75 Å². The number of carbonyl (C=O) groups is 2. The summed E-state index contributed by atoms with van der Waals surface area (Å²) < 4.78 is 10.2. The highest BCUT2D eigenvalue weighted by Gasteiger charge is 2.24. The lowest BCUT2D eigenvalue weighted by Gasteiger charge is -2.22. The maximum absolute atomic E-state index is 12.0. The quantitative estimate of drug-likeness (QED) is 0.386. The molecule has 1 amide bonds. The topological polar surface area (TPSA) is 108 Å². The molecule has 0 saturated carbocycles. The van der Waals surface area contributed by atoms with Crippen LogP contribution in [0.4, 0.5) is 10.5 Å². The third kappa shape index (κ3) is 6.33. The van der Waals surface area contributed by atoms with E-state index in [0.717, 1.165) is 0 Å². The predicted molar refractivity (Wildman–Crippen MR) is 82.2 cm³/mol.